The highest BCUT2D eigenvalue weighted by molar-refractivity contribution is 7.14. The summed E-state index contributed by atoms with van der Waals surface area (Å²) in [5.41, 5.74) is 0.924. The fourth-order valence-corrected chi connectivity index (χ4v) is 5.14. The van der Waals surface area contributed by atoms with Gasteiger partial charge in [0.25, 0.3) is 5.91 Å². The molecule has 2 aliphatic rings. The largest absolute Gasteiger partial charge is 0.467 e. The van der Waals surface area contributed by atoms with E-state index in [1.807, 2.05) is 19.9 Å². The summed E-state index contributed by atoms with van der Waals surface area (Å²) in [5, 5.41) is 2.85. The fourth-order valence-electron chi connectivity index (χ4n) is 4.01. The first-order chi connectivity index (χ1) is 12.9. The van der Waals surface area contributed by atoms with Gasteiger partial charge in [-0.15, -0.1) is 11.3 Å². The molecule has 1 aromatic heterocycles. The number of nitrogens with one attached hydrogen (secondary N) is 1. The van der Waals surface area contributed by atoms with E-state index in [9.17, 15) is 9.59 Å². The summed E-state index contributed by atoms with van der Waals surface area (Å²) in [7, 11) is 1.34. The summed E-state index contributed by atoms with van der Waals surface area (Å²) in [6.07, 6.45) is 2.77. The SMILES string of the molecule is CCN1CCC2(CC1)OCCc1sc(C(=O)N[C@H](C(=O)OC)C(C)C)cc12. The quantitative estimate of drug-likeness (QED) is 0.778. The van der Waals surface area contributed by atoms with E-state index in [4.69, 9.17) is 9.47 Å². The number of nitrogens with zero attached hydrogens (tertiary/aromatic N) is 1. The number of esters is 1. The minimum atomic E-state index is -0.639. The van der Waals surface area contributed by atoms with Gasteiger partial charge < -0.3 is 19.7 Å². The first kappa shape index (κ1) is 20.3. The topological polar surface area (TPSA) is 67.9 Å². The van der Waals surface area contributed by atoms with E-state index in [1.165, 1.54) is 28.9 Å². The molecule has 1 N–H and O–H groups in total. The van der Waals surface area contributed by atoms with Gasteiger partial charge in [-0.3, -0.25) is 4.79 Å². The van der Waals surface area contributed by atoms with Crippen molar-refractivity contribution in [1.29, 1.82) is 0 Å². The van der Waals surface area contributed by atoms with Gasteiger partial charge in [0, 0.05) is 24.4 Å². The summed E-state index contributed by atoms with van der Waals surface area (Å²) in [6, 6.07) is 1.35. The van der Waals surface area contributed by atoms with Gasteiger partial charge in [0.1, 0.15) is 6.04 Å². The molecule has 6 nitrogen and oxygen atoms in total. The van der Waals surface area contributed by atoms with Crippen molar-refractivity contribution in [2.24, 2.45) is 5.92 Å². The number of likely N-dealkylation sites (tertiary alicyclic amines) is 1. The lowest BCUT2D eigenvalue weighted by Crippen LogP contribution is -2.46. The van der Waals surface area contributed by atoms with Gasteiger partial charge in [-0.25, -0.2) is 4.79 Å². The molecule has 0 bridgehead atoms. The number of methoxy groups -OCH3 is 1. The van der Waals surface area contributed by atoms with E-state index in [1.54, 1.807) is 0 Å². The molecule has 3 rings (SSSR count). The van der Waals surface area contributed by atoms with Crippen LogP contribution in [-0.4, -0.2) is 56.2 Å². The standard InChI is InChI=1S/C20H30N2O4S/c1-5-22-9-7-20(8-10-22)14-12-16(27-15(14)6-11-26-20)18(23)21-17(13(2)3)19(24)25-4/h12-13,17H,5-11H2,1-4H3,(H,21,23)/t17-/m0/s1. The second-order valence-corrected chi connectivity index (χ2v) is 8.83. The Morgan fingerprint density at radius 2 is 2.07 bits per heavy atom. The Bertz CT molecular complexity index is 692. The average molecular weight is 395 g/mol. The minimum absolute atomic E-state index is 0.0379. The van der Waals surface area contributed by atoms with Gasteiger partial charge in [0.15, 0.2) is 0 Å². The second-order valence-electron chi connectivity index (χ2n) is 7.69. The number of piperidine rings is 1. The third-order valence-corrected chi connectivity index (χ3v) is 6.94. The first-order valence-electron chi connectivity index (χ1n) is 9.78. The average Bonchev–Trinajstić information content (AvgIpc) is 3.12. The molecule has 1 saturated heterocycles. The van der Waals surface area contributed by atoms with E-state index in [0.717, 1.165) is 38.9 Å². The van der Waals surface area contributed by atoms with E-state index < -0.39 is 12.0 Å². The monoisotopic (exact) mass is 394 g/mol. The lowest BCUT2D eigenvalue weighted by molar-refractivity contribution is -0.144. The normalized spacial score (nSPS) is 20.3. The van der Waals surface area contributed by atoms with Gasteiger partial charge >= 0.3 is 5.97 Å². The lowest BCUT2D eigenvalue weighted by atomic mass is 9.82. The van der Waals surface area contributed by atoms with Gasteiger partial charge in [-0.1, -0.05) is 20.8 Å². The summed E-state index contributed by atoms with van der Waals surface area (Å²) >= 11 is 1.53. The number of amides is 1. The summed E-state index contributed by atoms with van der Waals surface area (Å²) < 4.78 is 11.1. The Labute approximate surface area is 165 Å². The van der Waals surface area contributed by atoms with Gasteiger partial charge in [-0.05, 0) is 36.9 Å². The van der Waals surface area contributed by atoms with Gasteiger partial charge in [0.2, 0.25) is 0 Å². The maximum atomic E-state index is 12.8. The van der Waals surface area contributed by atoms with Crippen LogP contribution in [0.5, 0.6) is 0 Å². The van der Waals surface area contributed by atoms with E-state index in [0.29, 0.717) is 11.5 Å². The van der Waals surface area contributed by atoms with Gasteiger partial charge in [-0.2, -0.15) is 0 Å². The predicted octanol–water partition coefficient (Wildman–Crippen LogP) is 2.56. The van der Waals surface area contributed by atoms with Gasteiger partial charge in [0.05, 0.1) is 24.2 Å². The maximum absolute atomic E-state index is 12.8. The summed E-state index contributed by atoms with van der Waals surface area (Å²) in [6.45, 7) is 9.78. The molecule has 27 heavy (non-hydrogen) atoms. The lowest BCUT2D eigenvalue weighted by Gasteiger charge is -2.43. The molecule has 3 heterocycles. The van der Waals surface area contributed by atoms with E-state index in [2.05, 4.69) is 17.1 Å². The van der Waals surface area contributed by atoms with E-state index in [-0.39, 0.29) is 17.4 Å². The van der Waals surface area contributed by atoms with Crippen LogP contribution in [-0.2, 0) is 26.3 Å². The molecule has 0 saturated carbocycles. The van der Waals surface area contributed by atoms with Crippen molar-refractivity contribution in [3.8, 4) is 0 Å². The van der Waals surface area contributed by atoms with Crippen LogP contribution in [0.25, 0.3) is 0 Å². The van der Waals surface area contributed by atoms with Crippen molar-refractivity contribution in [3.63, 3.8) is 0 Å². The van der Waals surface area contributed by atoms with Crippen LogP contribution >= 0.6 is 11.3 Å². The van der Waals surface area contributed by atoms with Crippen LogP contribution in [0.3, 0.4) is 0 Å². The van der Waals surface area contributed by atoms with Crippen molar-refractivity contribution in [3.05, 3.63) is 21.4 Å². The Kier molecular flexibility index (Phi) is 6.23. The molecule has 1 atom stereocenters. The number of hydrogen-bond donors (Lipinski definition) is 1. The third kappa shape index (κ3) is 4.05. The number of carbonyl (C=O) groups is 2. The zero-order chi connectivity index (χ0) is 19.6. The Hall–Kier alpha value is -1.44. The molecule has 0 unspecified atom stereocenters. The molecule has 1 amide bonds. The number of ether oxygens (including phenoxy) is 2. The smallest absolute Gasteiger partial charge is 0.328 e. The number of carbonyl (C=O) groups excluding carboxylic acids is 2. The van der Waals surface area contributed by atoms with E-state index >= 15 is 0 Å². The maximum Gasteiger partial charge on any atom is 0.328 e. The molecular formula is C20H30N2O4S. The Balaban J connectivity index is 1.80. The molecule has 0 aliphatic carbocycles. The van der Waals surface area contributed by atoms with Crippen molar-refractivity contribution in [2.75, 3.05) is 33.4 Å². The Morgan fingerprint density at radius 3 is 2.67 bits per heavy atom. The highest BCUT2D eigenvalue weighted by Gasteiger charge is 2.42. The molecule has 150 valence electrons. The molecular weight excluding hydrogens is 364 g/mol. The van der Waals surface area contributed by atoms with Crippen LogP contribution < -0.4 is 5.32 Å². The molecule has 1 fully saturated rings. The molecule has 7 heteroatoms. The number of thiophene rings is 1. The summed E-state index contributed by atoms with van der Waals surface area (Å²) in [5.74, 6) is -0.657. The van der Waals surface area contributed by atoms with Crippen LogP contribution in [0.1, 0.15) is 53.7 Å². The molecule has 1 spiro atoms. The number of rotatable bonds is 5. The van der Waals surface area contributed by atoms with Crippen molar-refractivity contribution in [2.45, 2.75) is 51.7 Å². The third-order valence-electron chi connectivity index (χ3n) is 5.75. The second kappa shape index (κ2) is 8.29. The molecule has 0 radical (unpaired) electrons. The summed E-state index contributed by atoms with van der Waals surface area (Å²) in [4.78, 5) is 29.1. The zero-order valence-electron chi connectivity index (χ0n) is 16.7. The minimum Gasteiger partial charge on any atom is -0.467 e. The highest BCUT2D eigenvalue weighted by atomic mass is 32.1. The fraction of sp³-hybridized carbons (Fsp3) is 0.700. The first-order valence-corrected chi connectivity index (χ1v) is 10.6. The van der Waals surface area contributed by atoms with Crippen LogP contribution in [0.2, 0.25) is 0 Å². The van der Waals surface area contributed by atoms with Crippen LogP contribution in [0, 0.1) is 5.92 Å². The van der Waals surface area contributed by atoms with Crippen molar-refractivity contribution >= 4 is 23.2 Å². The number of hydrogen-bond acceptors (Lipinski definition) is 6. The zero-order valence-corrected chi connectivity index (χ0v) is 17.5. The van der Waals surface area contributed by atoms with Crippen LogP contribution in [0.15, 0.2) is 6.07 Å². The Morgan fingerprint density at radius 1 is 1.37 bits per heavy atom. The van der Waals surface area contributed by atoms with Crippen molar-refractivity contribution < 1.29 is 19.1 Å². The highest BCUT2D eigenvalue weighted by Crippen LogP contribution is 2.44. The molecule has 2 aliphatic heterocycles. The molecule has 1 aromatic rings. The van der Waals surface area contributed by atoms with Crippen molar-refractivity contribution in [1.82, 2.24) is 10.2 Å². The predicted molar refractivity (Wildman–Crippen MR) is 105 cm³/mol. The van der Waals surface area contributed by atoms with Crippen LogP contribution in [0.4, 0.5) is 0 Å². The number of fused-ring (bicyclic) bond motifs is 2. The molecule has 0 aromatic carbocycles.